The number of carbonyl (C=O) groups is 1. The molecule has 0 fully saturated rings. The number of fused-ring (bicyclic) bond motifs is 4. The number of ether oxygens (including phenoxy) is 2. The fourth-order valence-electron chi connectivity index (χ4n) is 3.86. The van der Waals surface area contributed by atoms with Crippen LogP contribution >= 0.6 is 0 Å². The first-order valence-electron chi connectivity index (χ1n) is 9.30. The van der Waals surface area contributed by atoms with E-state index in [1.807, 2.05) is 0 Å². The maximum absolute atomic E-state index is 13.5. The highest BCUT2D eigenvalue weighted by Gasteiger charge is 2.55. The molecule has 2 aliphatic heterocycles. The first-order chi connectivity index (χ1) is 15.2. The van der Waals surface area contributed by atoms with Crippen LogP contribution in [-0.2, 0) is 10.3 Å². The zero-order valence-electron chi connectivity index (χ0n) is 16.4. The average Bonchev–Trinajstić information content (AvgIpc) is 2.98. The predicted octanol–water partition coefficient (Wildman–Crippen LogP) is 3.18. The van der Waals surface area contributed by atoms with Crippen LogP contribution < -0.4 is 15.2 Å². The second kappa shape index (κ2) is 6.67. The molecule has 5 rings (SSSR count). The molecule has 2 aromatic carbocycles. The second-order valence-corrected chi connectivity index (χ2v) is 7.19. The van der Waals surface area contributed by atoms with Crippen molar-refractivity contribution in [2.45, 2.75) is 11.9 Å². The molecule has 11 heteroatoms. The smallest absolute Gasteiger partial charge is 0.457 e. The quantitative estimate of drug-likeness (QED) is 0.655. The van der Waals surface area contributed by atoms with E-state index in [2.05, 4.69) is 19.7 Å². The third-order valence-electron chi connectivity index (χ3n) is 5.30. The molecule has 32 heavy (non-hydrogen) atoms. The third-order valence-corrected chi connectivity index (χ3v) is 5.30. The molecule has 0 radical (unpaired) electrons. The average molecular weight is 441 g/mol. The Balaban J connectivity index is 1.75. The van der Waals surface area contributed by atoms with E-state index in [9.17, 15) is 18.0 Å². The van der Waals surface area contributed by atoms with Gasteiger partial charge < -0.3 is 15.2 Å². The number of likely N-dealkylation sites (N-methyl/N-ethyl adjacent to an activating group) is 1. The lowest BCUT2D eigenvalue weighted by Gasteiger charge is -2.34. The summed E-state index contributed by atoms with van der Waals surface area (Å²) >= 11 is 0. The maximum Gasteiger partial charge on any atom is 0.573 e. The molecule has 1 amide bonds. The number of amides is 1. The molecular weight excluding hydrogens is 427 g/mol. The summed E-state index contributed by atoms with van der Waals surface area (Å²) in [6.45, 7) is 0. The van der Waals surface area contributed by atoms with E-state index >= 15 is 0 Å². The van der Waals surface area contributed by atoms with Gasteiger partial charge in [-0.25, -0.2) is 15.0 Å². The molecule has 1 atom stereocenters. The van der Waals surface area contributed by atoms with Gasteiger partial charge in [-0.15, -0.1) is 13.2 Å². The third kappa shape index (κ3) is 2.93. The number of benzene rings is 2. The second-order valence-electron chi connectivity index (χ2n) is 7.19. The highest BCUT2D eigenvalue weighted by Crippen LogP contribution is 2.53. The number of nitrogens with zero attached hydrogens (tertiary/aromatic N) is 4. The van der Waals surface area contributed by atoms with Crippen molar-refractivity contribution in [2.24, 2.45) is 10.7 Å². The molecule has 3 heterocycles. The number of nitrogens with two attached hydrogens (primary N) is 1. The lowest BCUT2D eigenvalue weighted by molar-refractivity contribution is -0.274. The summed E-state index contributed by atoms with van der Waals surface area (Å²) in [5, 5.41) is 0. The number of hydrogen-bond donors (Lipinski definition) is 1. The summed E-state index contributed by atoms with van der Waals surface area (Å²) in [7, 11) is 1.44. The van der Waals surface area contributed by atoms with Gasteiger partial charge >= 0.3 is 6.36 Å². The topological polar surface area (TPSA) is 103 Å². The highest BCUT2D eigenvalue weighted by molar-refractivity contribution is 6.10. The molecular formula is C21H14F3N5O3. The van der Waals surface area contributed by atoms with Crippen molar-refractivity contribution in [3.8, 4) is 28.4 Å². The van der Waals surface area contributed by atoms with Gasteiger partial charge in [-0.2, -0.15) is 0 Å². The molecule has 8 nitrogen and oxygen atoms in total. The summed E-state index contributed by atoms with van der Waals surface area (Å²) < 4.78 is 48.5. The van der Waals surface area contributed by atoms with Crippen LogP contribution in [0.3, 0.4) is 0 Å². The number of carbonyl (C=O) groups excluding carboxylic acids is 1. The fraction of sp³-hybridized carbons (Fsp3) is 0.143. The summed E-state index contributed by atoms with van der Waals surface area (Å²) in [5.41, 5.74) is 5.97. The Bertz CT molecular complexity index is 1280. The number of halogens is 3. The van der Waals surface area contributed by atoms with Crippen molar-refractivity contribution in [2.75, 3.05) is 7.05 Å². The van der Waals surface area contributed by atoms with Gasteiger partial charge in [0.1, 0.15) is 23.6 Å². The summed E-state index contributed by atoms with van der Waals surface area (Å²) in [4.78, 5) is 27.0. The number of hydrogen-bond acceptors (Lipinski definition) is 7. The van der Waals surface area contributed by atoms with E-state index in [1.54, 1.807) is 30.6 Å². The van der Waals surface area contributed by atoms with Crippen LogP contribution in [0.25, 0.3) is 11.1 Å². The van der Waals surface area contributed by atoms with Crippen LogP contribution in [-0.4, -0.2) is 40.1 Å². The highest BCUT2D eigenvalue weighted by atomic mass is 19.4. The molecule has 3 aromatic rings. The van der Waals surface area contributed by atoms with Crippen LogP contribution in [0.1, 0.15) is 11.1 Å². The Labute approximate surface area is 179 Å². The number of aromatic nitrogens is 2. The first-order valence-corrected chi connectivity index (χ1v) is 9.30. The Hall–Kier alpha value is -4.15. The molecule has 0 saturated carbocycles. The molecule has 1 aromatic heterocycles. The van der Waals surface area contributed by atoms with Crippen molar-refractivity contribution < 1.29 is 27.4 Å². The molecule has 162 valence electrons. The minimum Gasteiger partial charge on any atom is -0.457 e. The van der Waals surface area contributed by atoms with Crippen LogP contribution in [0.2, 0.25) is 0 Å². The Kier molecular flexibility index (Phi) is 4.13. The monoisotopic (exact) mass is 441 g/mol. The summed E-state index contributed by atoms with van der Waals surface area (Å²) in [6.07, 6.45) is -0.345. The van der Waals surface area contributed by atoms with Crippen LogP contribution in [0.15, 0.2) is 60.1 Å². The molecule has 1 unspecified atom stereocenters. The van der Waals surface area contributed by atoms with E-state index < -0.39 is 23.6 Å². The van der Waals surface area contributed by atoms with Gasteiger partial charge in [-0.3, -0.25) is 9.69 Å². The predicted molar refractivity (Wildman–Crippen MR) is 106 cm³/mol. The molecule has 2 N–H and O–H groups in total. The number of aliphatic imine (C=N–C) groups is 1. The van der Waals surface area contributed by atoms with E-state index in [-0.39, 0.29) is 17.3 Å². The normalized spacial score (nSPS) is 19.3. The molecule has 0 saturated heterocycles. The van der Waals surface area contributed by atoms with Gasteiger partial charge in [-0.1, -0.05) is 6.07 Å². The minimum atomic E-state index is -4.91. The van der Waals surface area contributed by atoms with Gasteiger partial charge in [0.05, 0.1) is 0 Å². The van der Waals surface area contributed by atoms with E-state index in [4.69, 9.17) is 10.5 Å². The van der Waals surface area contributed by atoms with Gasteiger partial charge in [0.15, 0.2) is 5.96 Å². The van der Waals surface area contributed by atoms with E-state index in [0.717, 1.165) is 17.0 Å². The van der Waals surface area contributed by atoms with Crippen molar-refractivity contribution in [3.63, 3.8) is 0 Å². The standard InChI is InChI=1S/C21H14F3N5O3/c1-29-18(30)20(28-19(29)25)14-6-11(12-8-26-10-27-9-12)2-4-16(14)31-17-5-3-13(7-15(17)20)32-21(22,23)24/h2-10H,1H3,(H2,25,28). The molecule has 0 aliphatic carbocycles. The van der Waals surface area contributed by atoms with Crippen molar-refractivity contribution in [3.05, 3.63) is 66.2 Å². The zero-order chi connectivity index (χ0) is 22.7. The zero-order valence-corrected chi connectivity index (χ0v) is 16.4. The van der Waals surface area contributed by atoms with Gasteiger partial charge in [0, 0.05) is 36.1 Å². The lowest BCUT2D eigenvalue weighted by atomic mass is 9.79. The Morgan fingerprint density at radius 3 is 2.31 bits per heavy atom. The fourth-order valence-corrected chi connectivity index (χ4v) is 3.86. The van der Waals surface area contributed by atoms with Gasteiger partial charge in [0.2, 0.25) is 5.54 Å². The Morgan fingerprint density at radius 2 is 1.69 bits per heavy atom. The number of rotatable bonds is 2. The van der Waals surface area contributed by atoms with E-state index in [0.29, 0.717) is 22.4 Å². The van der Waals surface area contributed by atoms with Gasteiger partial charge in [0.25, 0.3) is 5.91 Å². The van der Waals surface area contributed by atoms with Crippen LogP contribution in [0.4, 0.5) is 13.2 Å². The molecule has 2 aliphatic rings. The lowest BCUT2D eigenvalue weighted by Crippen LogP contribution is -2.42. The largest absolute Gasteiger partial charge is 0.573 e. The first kappa shape index (κ1) is 19.8. The van der Waals surface area contributed by atoms with Crippen LogP contribution in [0.5, 0.6) is 17.2 Å². The molecule has 1 spiro atoms. The molecule has 0 bridgehead atoms. The van der Waals surface area contributed by atoms with Crippen molar-refractivity contribution in [1.29, 1.82) is 0 Å². The summed E-state index contributed by atoms with van der Waals surface area (Å²) in [5.74, 6) is -0.631. The number of guanidine groups is 1. The summed E-state index contributed by atoms with van der Waals surface area (Å²) in [6, 6.07) is 8.58. The minimum absolute atomic E-state index is 0.0793. The van der Waals surface area contributed by atoms with Crippen molar-refractivity contribution in [1.82, 2.24) is 14.9 Å². The van der Waals surface area contributed by atoms with Crippen molar-refractivity contribution >= 4 is 11.9 Å². The maximum atomic E-state index is 13.5. The number of alkyl halides is 3. The SMILES string of the molecule is CN1C(=O)C2(N=C1N)c1cc(OC(F)(F)F)ccc1Oc1ccc(-c3cncnc3)cc12. The van der Waals surface area contributed by atoms with Gasteiger partial charge in [-0.05, 0) is 35.9 Å². The van der Waals surface area contributed by atoms with E-state index in [1.165, 1.54) is 19.4 Å². The van der Waals surface area contributed by atoms with Crippen LogP contribution in [0, 0.1) is 0 Å². The Morgan fingerprint density at radius 1 is 1.03 bits per heavy atom.